The van der Waals surface area contributed by atoms with Crippen molar-refractivity contribution in [3.8, 4) is 11.1 Å². The molecule has 10 nitrogen and oxygen atoms in total. The van der Waals surface area contributed by atoms with Gasteiger partial charge in [-0.15, -0.1) is 0 Å². The van der Waals surface area contributed by atoms with Gasteiger partial charge in [0.1, 0.15) is 0 Å². The van der Waals surface area contributed by atoms with E-state index in [2.05, 4.69) is 16.8 Å². The number of carbonyl (C=O) groups excluding carboxylic acids is 2. The standard InChI is InChI=1S/C46H44N4O6/c1-29-41(27-48-24-22-35(23-25-48)50-40-13-7-6-12-39(40)47-46(50)54)55-45(56-42(29)32-16-14-30(28-51)15-17-32)33-20-18-31(19-21-33)36-9-3-2-8-34(36)26-49-43(52)37-10-4-5-11-38(37)44(49)53/h2-21,29,35,41-42,45,51H,22-28H2,1H3,(H,47,54). The highest BCUT2D eigenvalue weighted by atomic mass is 16.7. The summed E-state index contributed by atoms with van der Waals surface area (Å²) in [7, 11) is 0. The number of hydrogen-bond acceptors (Lipinski definition) is 7. The molecule has 2 saturated heterocycles. The van der Waals surface area contributed by atoms with Gasteiger partial charge < -0.3 is 24.5 Å². The molecule has 4 heterocycles. The number of piperidine rings is 1. The molecule has 5 aromatic carbocycles. The van der Waals surface area contributed by atoms with E-state index in [-0.39, 0.29) is 54.8 Å². The molecule has 56 heavy (non-hydrogen) atoms. The molecule has 4 unspecified atom stereocenters. The summed E-state index contributed by atoms with van der Waals surface area (Å²) in [5.74, 6) is -0.518. The van der Waals surface area contributed by atoms with Crippen LogP contribution in [0.15, 0.2) is 126 Å². The third kappa shape index (κ3) is 6.68. The highest BCUT2D eigenvalue weighted by molar-refractivity contribution is 6.21. The molecular formula is C46H44N4O6. The van der Waals surface area contributed by atoms with E-state index in [4.69, 9.17) is 9.47 Å². The van der Waals surface area contributed by atoms with Gasteiger partial charge in [-0.05, 0) is 64.9 Å². The Morgan fingerprint density at radius 2 is 1.34 bits per heavy atom. The molecule has 284 valence electrons. The minimum atomic E-state index is -0.622. The maximum absolute atomic E-state index is 13.2. The van der Waals surface area contributed by atoms with Crippen LogP contribution in [0.5, 0.6) is 0 Å². The monoisotopic (exact) mass is 748 g/mol. The fraction of sp³-hybridized carbons (Fsp3) is 0.283. The van der Waals surface area contributed by atoms with Gasteiger partial charge in [-0.3, -0.25) is 19.1 Å². The molecule has 3 aliphatic heterocycles. The third-order valence-corrected chi connectivity index (χ3v) is 11.8. The van der Waals surface area contributed by atoms with Crippen molar-refractivity contribution in [1.82, 2.24) is 19.4 Å². The van der Waals surface area contributed by atoms with Crippen LogP contribution in [0, 0.1) is 5.92 Å². The van der Waals surface area contributed by atoms with E-state index in [1.54, 1.807) is 24.3 Å². The van der Waals surface area contributed by atoms with Crippen molar-refractivity contribution >= 4 is 22.8 Å². The van der Waals surface area contributed by atoms with Gasteiger partial charge >= 0.3 is 5.69 Å². The number of aliphatic hydroxyl groups excluding tert-OH is 1. The van der Waals surface area contributed by atoms with Gasteiger partial charge in [-0.2, -0.15) is 0 Å². The quantitative estimate of drug-likeness (QED) is 0.148. The summed E-state index contributed by atoms with van der Waals surface area (Å²) in [6.07, 6.45) is 0.733. The number of hydrogen-bond donors (Lipinski definition) is 2. The molecule has 10 heteroatoms. The number of ether oxygens (including phenoxy) is 2. The Kier molecular flexibility index (Phi) is 9.72. The number of nitrogens with one attached hydrogen (secondary N) is 1. The lowest BCUT2D eigenvalue weighted by Crippen LogP contribution is -2.47. The van der Waals surface area contributed by atoms with Crippen LogP contribution in [0.4, 0.5) is 0 Å². The molecule has 9 rings (SSSR count). The molecule has 6 aromatic rings. The van der Waals surface area contributed by atoms with E-state index in [1.165, 1.54) is 4.90 Å². The first kappa shape index (κ1) is 36.0. The van der Waals surface area contributed by atoms with Gasteiger partial charge in [0.25, 0.3) is 11.8 Å². The number of para-hydroxylation sites is 2. The summed E-state index contributed by atoms with van der Waals surface area (Å²) in [5, 5.41) is 9.70. The topological polar surface area (TPSA) is 117 Å². The van der Waals surface area contributed by atoms with Crippen LogP contribution in [0.2, 0.25) is 0 Å². The summed E-state index contributed by atoms with van der Waals surface area (Å²) in [6, 6.07) is 38.9. The number of carbonyl (C=O) groups is 2. The average Bonchev–Trinajstić information content (AvgIpc) is 3.70. The van der Waals surface area contributed by atoms with Gasteiger partial charge in [0, 0.05) is 37.2 Å². The molecule has 0 radical (unpaired) electrons. The van der Waals surface area contributed by atoms with Crippen LogP contribution in [0.25, 0.3) is 22.2 Å². The normalized spacial score (nSPS) is 21.9. The Hall–Kier alpha value is -5.65. The highest BCUT2D eigenvalue weighted by Crippen LogP contribution is 2.43. The van der Waals surface area contributed by atoms with Crippen LogP contribution in [0.3, 0.4) is 0 Å². The van der Waals surface area contributed by atoms with Crippen molar-refractivity contribution in [1.29, 1.82) is 0 Å². The zero-order valence-electron chi connectivity index (χ0n) is 31.2. The zero-order chi connectivity index (χ0) is 38.3. The predicted molar refractivity (Wildman–Crippen MR) is 213 cm³/mol. The Bertz CT molecular complexity index is 2410. The first-order valence-corrected chi connectivity index (χ1v) is 19.4. The number of H-pyrrole nitrogens is 1. The largest absolute Gasteiger partial charge is 0.392 e. The number of imidazole rings is 1. The lowest BCUT2D eigenvalue weighted by atomic mass is 9.89. The maximum atomic E-state index is 13.2. The van der Waals surface area contributed by atoms with Gasteiger partial charge in [-0.1, -0.05) is 104 Å². The van der Waals surface area contributed by atoms with Gasteiger partial charge in [0.2, 0.25) is 0 Å². The molecule has 0 bridgehead atoms. The van der Waals surface area contributed by atoms with E-state index >= 15 is 0 Å². The Balaban J connectivity index is 0.937. The molecule has 2 N–H and O–H groups in total. The maximum Gasteiger partial charge on any atom is 0.326 e. The number of benzene rings is 5. The van der Waals surface area contributed by atoms with Gasteiger partial charge in [0.05, 0.1) is 47.5 Å². The van der Waals surface area contributed by atoms with Gasteiger partial charge in [0.15, 0.2) is 6.29 Å². The van der Waals surface area contributed by atoms with Crippen LogP contribution in [-0.2, 0) is 22.6 Å². The summed E-state index contributed by atoms with van der Waals surface area (Å²) in [5.41, 5.74) is 8.17. The average molecular weight is 749 g/mol. The Labute approximate surface area is 324 Å². The number of imide groups is 1. The molecule has 0 saturated carbocycles. The van der Waals surface area contributed by atoms with Crippen LogP contribution in [-0.4, -0.2) is 62.0 Å². The summed E-state index contributed by atoms with van der Waals surface area (Å²) < 4.78 is 15.5. The lowest BCUT2D eigenvalue weighted by molar-refractivity contribution is -0.276. The second-order valence-corrected chi connectivity index (χ2v) is 15.2. The van der Waals surface area contributed by atoms with E-state index in [0.29, 0.717) is 11.1 Å². The summed E-state index contributed by atoms with van der Waals surface area (Å²) in [6.45, 7) is 4.75. The van der Waals surface area contributed by atoms with Crippen LogP contribution >= 0.6 is 0 Å². The molecule has 2 fully saturated rings. The number of aromatic amines is 1. The van der Waals surface area contributed by atoms with E-state index in [0.717, 1.165) is 76.9 Å². The van der Waals surface area contributed by atoms with Crippen molar-refractivity contribution in [2.45, 2.75) is 57.5 Å². The molecule has 1 aromatic heterocycles. The first-order chi connectivity index (χ1) is 27.4. The van der Waals surface area contributed by atoms with E-state index in [1.807, 2.05) is 102 Å². The second-order valence-electron chi connectivity index (χ2n) is 15.2. The van der Waals surface area contributed by atoms with Crippen LogP contribution < -0.4 is 5.69 Å². The number of aliphatic hydroxyl groups is 1. The van der Waals surface area contributed by atoms with Crippen molar-refractivity contribution in [2.24, 2.45) is 5.92 Å². The Morgan fingerprint density at radius 1 is 0.714 bits per heavy atom. The number of likely N-dealkylation sites (tertiary alicyclic amines) is 1. The zero-order valence-corrected chi connectivity index (χ0v) is 31.2. The molecule has 0 aliphatic carbocycles. The summed E-state index contributed by atoms with van der Waals surface area (Å²) in [4.78, 5) is 46.1. The fourth-order valence-electron chi connectivity index (χ4n) is 8.69. The molecule has 0 spiro atoms. The van der Waals surface area contributed by atoms with Gasteiger partial charge in [-0.25, -0.2) is 4.79 Å². The minimum Gasteiger partial charge on any atom is -0.392 e. The highest BCUT2D eigenvalue weighted by Gasteiger charge is 2.40. The van der Waals surface area contributed by atoms with Crippen molar-refractivity contribution in [2.75, 3.05) is 19.6 Å². The van der Waals surface area contributed by atoms with Crippen molar-refractivity contribution < 1.29 is 24.2 Å². The minimum absolute atomic E-state index is 0.0237. The SMILES string of the molecule is CC1C(CN2CCC(n3c(=O)[nH]c4ccccc43)CC2)OC(c2ccc(-c3ccccc3CN3C(=O)c4ccccc4C3=O)cc2)OC1c1ccc(CO)cc1. The van der Waals surface area contributed by atoms with Crippen molar-refractivity contribution in [3.63, 3.8) is 0 Å². The third-order valence-electron chi connectivity index (χ3n) is 11.8. The van der Waals surface area contributed by atoms with E-state index < -0.39 is 6.29 Å². The smallest absolute Gasteiger partial charge is 0.326 e. The number of rotatable bonds is 9. The number of nitrogens with zero attached hydrogens (tertiary/aromatic N) is 3. The van der Waals surface area contributed by atoms with E-state index in [9.17, 15) is 19.5 Å². The molecule has 2 amide bonds. The fourth-order valence-corrected chi connectivity index (χ4v) is 8.69. The molecular weight excluding hydrogens is 705 g/mol. The molecule has 4 atom stereocenters. The number of fused-ring (bicyclic) bond motifs is 2. The summed E-state index contributed by atoms with van der Waals surface area (Å²) >= 11 is 0. The number of amides is 2. The number of aromatic nitrogens is 2. The lowest BCUT2D eigenvalue weighted by Gasteiger charge is -2.44. The van der Waals surface area contributed by atoms with Crippen molar-refractivity contribution in [3.05, 3.63) is 165 Å². The van der Waals surface area contributed by atoms with Crippen LogP contribution in [0.1, 0.15) is 81.2 Å². The molecule has 3 aliphatic rings. The first-order valence-electron chi connectivity index (χ1n) is 19.4. The predicted octanol–water partition coefficient (Wildman–Crippen LogP) is 7.41. The Morgan fingerprint density at radius 3 is 2.04 bits per heavy atom. The second kappa shape index (κ2) is 15.1.